The van der Waals surface area contributed by atoms with Gasteiger partial charge in [-0.05, 0) is 17.5 Å². The number of rotatable bonds is 4. The van der Waals surface area contributed by atoms with E-state index in [1.54, 1.807) is 25.6 Å². The molecule has 0 saturated heterocycles. The van der Waals surface area contributed by atoms with Gasteiger partial charge in [-0.15, -0.1) is 0 Å². The quantitative estimate of drug-likeness (QED) is 0.723. The highest BCUT2D eigenvalue weighted by atomic mass is 16.5. The summed E-state index contributed by atoms with van der Waals surface area (Å²) < 4.78 is 4.98. The van der Waals surface area contributed by atoms with Gasteiger partial charge in [0.25, 0.3) is 0 Å². The molecular formula is C11H12N2O. The van der Waals surface area contributed by atoms with Gasteiger partial charge in [0.15, 0.2) is 0 Å². The van der Waals surface area contributed by atoms with Gasteiger partial charge in [-0.1, -0.05) is 12.7 Å². The van der Waals surface area contributed by atoms with Crippen molar-refractivity contribution in [1.29, 1.82) is 5.26 Å². The normalized spacial score (nSPS) is 9.43. The van der Waals surface area contributed by atoms with Crippen LogP contribution in [0.3, 0.4) is 0 Å². The van der Waals surface area contributed by atoms with Gasteiger partial charge in [0.2, 0.25) is 0 Å². The first-order chi connectivity index (χ1) is 6.83. The zero-order valence-corrected chi connectivity index (χ0v) is 8.16. The second kappa shape index (κ2) is 5.15. The Kier molecular flexibility index (Phi) is 3.84. The topological polar surface area (TPSA) is 45.9 Å². The van der Waals surface area contributed by atoms with E-state index in [0.29, 0.717) is 18.6 Å². The zero-order valence-electron chi connectivity index (χ0n) is 8.16. The number of pyridine rings is 1. The van der Waals surface area contributed by atoms with E-state index in [9.17, 15) is 0 Å². The van der Waals surface area contributed by atoms with Crippen LogP contribution >= 0.6 is 0 Å². The minimum atomic E-state index is 0.597. The summed E-state index contributed by atoms with van der Waals surface area (Å²) in [5.41, 5.74) is 2.46. The summed E-state index contributed by atoms with van der Waals surface area (Å²) in [6.45, 7) is 4.28. The summed E-state index contributed by atoms with van der Waals surface area (Å²) in [6.07, 6.45) is 5.69. The first kappa shape index (κ1) is 10.4. The Labute approximate surface area is 83.7 Å². The molecule has 1 aromatic rings. The number of methoxy groups -OCH3 is 1. The highest BCUT2D eigenvalue weighted by Crippen LogP contribution is 2.14. The molecule has 0 aliphatic rings. The molecule has 72 valence electrons. The largest absolute Gasteiger partial charge is 0.384 e. The van der Waals surface area contributed by atoms with Crippen LogP contribution in [0.2, 0.25) is 0 Å². The molecule has 0 saturated carbocycles. The minimum absolute atomic E-state index is 0.597. The van der Waals surface area contributed by atoms with Gasteiger partial charge >= 0.3 is 0 Å². The number of hydrogen-bond donors (Lipinski definition) is 0. The average Bonchev–Trinajstić information content (AvgIpc) is 2.25. The summed E-state index contributed by atoms with van der Waals surface area (Å²) in [5.74, 6) is 0. The molecule has 0 aliphatic heterocycles. The molecule has 0 fully saturated rings. The molecule has 1 heterocycles. The monoisotopic (exact) mass is 188 g/mol. The minimum Gasteiger partial charge on any atom is -0.384 e. The van der Waals surface area contributed by atoms with Crippen molar-refractivity contribution in [2.75, 3.05) is 13.7 Å². The molecule has 0 amide bonds. The molecule has 3 nitrogen and oxygen atoms in total. The Hall–Kier alpha value is -1.66. The van der Waals surface area contributed by atoms with Gasteiger partial charge < -0.3 is 4.74 Å². The lowest BCUT2D eigenvalue weighted by Crippen LogP contribution is -2.01. The molecule has 3 heteroatoms. The maximum absolute atomic E-state index is 8.87. The Morgan fingerprint density at radius 2 is 2.43 bits per heavy atom. The SMILES string of the molecule is C=Cc1cncc(C#N)c1CCOC. The molecule has 0 N–H and O–H groups in total. The summed E-state index contributed by atoms with van der Waals surface area (Å²) >= 11 is 0. The lowest BCUT2D eigenvalue weighted by Gasteiger charge is -2.06. The molecule has 1 aromatic heterocycles. The van der Waals surface area contributed by atoms with Gasteiger partial charge in [0.05, 0.1) is 12.2 Å². The van der Waals surface area contributed by atoms with Crippen molar-refractivity contribution in [3.63, 3.8) is 0 Å². The lowest BCUT2D eigenvalue weighted by molar-refractivity contribution is 0.202. The highest BCUT2D eigenvalue weighted by molar-refractivity contribution is 5.55. The van der Waals surface area contributed by atoms with E-state index in [2.05, 4.69) is 17.6 Å². The Bertz CT molecular complexity index is 366. The molecule has 0 spiro atoms. The molecule has 0 aliphatic carbocycles. The number of aromatic nitrogens is 1. The maximum Gasteiger partial charge on any atom is 0.101 e. The van der Waals surface area contributed by atoms with Crippen molar-refractivity contribution in [3.8, 4) is 6.07 Å². The average molecular weight is 188 g/mol. The number of nitriles is 1. The van der Waals surface area contributed by atoms with Crippen LogP contribution in [0, 0.1) is 11.3 Å². The van der Waals surface area contributed by atoms with Crippen molar-refractivity contribution in [3.05, 3.63) is 35.7 Å². The van der Waals surface area contributed by atoms with Crippen molar-refractivity contribution >= 4 is 6.08 Å². The van der Waals surface area contributed by atoms with E-state index in [-0.39, 0.29) is 0 Å². The van der Waals surface area contributed by atoms with Gasteiger partial charge in [0, 0.05) is 19.5 Å². The predicted molar refractivity (Wildman–Crippen MR) is 54.6 cm³/mol. The highest BCUT2D eigenvalue weighted by Gasteiger charge is 2.05. The van der Waals surface area contributed by atoms with Gasteiger partial charge in [-0.2, -0.15) is 5.26 Å². The molecule has 1 rings (SSSR count). The molecule has 0 atom stereocenters. The van der Waals surface area contributed by atoms with E-state index in [0.717, 1.165) is 11.1 Å². The van der Waals surface area contributed by atoms with E-state index in [4.69, 9.17) is 10.00 Å². The second-order valence-electron chi connectivity index (χ2n) is 2.81. The third-order valence-corrected chi connectivity index (χ3v) is 1.99. The van der Waals surface area contributed by atoms with Crippen molar-refractivity contribution in [2.45, 2.75) is 6.42 Å². The van der Waals surface area contributed by atoms with Crippen LogP contribution in [0.5, 0.6) is 0 Å². The van der Waals surface area contributed by atoms with Gasteiger partial charge in [-0.3, -0.25) is 4.98 Å². The van der Waals surface area contributed by atoms with Crippen molar-refractivity contribution in [1.82, 2.24) is 4.98 Å². The van der Waals surface area contributed by atoms with Crippen LogP contribution in [0.4, 0.5) is 0 Å². The Balaban J connectivity index is 3.07. The summed E-state index contributed by atoms with van der Waals surface area (Å²) in [4.78, 5) is 3.96. The van der Waals surface area contributed by atoms with Crippen LogP contribution in [0.1, 0.15) is 16.7 Å². The van der Waals surface area contributed by atoms with Crippen LogP contribution < -0.4 is 0 Å². The molecular weight excluding hydrogens is 176 g/mol. The second-order valence-corrected chi connectivity index (χ2v) is 2.81. The van der Waals surface area contributed by atoms with E-state index in [1.165, 1.54) is 0 Å². The third-order valence-electron chi connectivity index (χ3n) is 1.99. The molecule has 0 unspecified atom stereocenters. The molecule has 0 aromatic carbocycles. The van der Waals surface area contributed by atoms with Crippen LogP contribution in [0.15, 0.2) is 19.0 Å². The fourth-order valence-corrected chi connectivity index (χ4v) is 1.26. The molecule has 14 heavy (non-hydrogen) atoms. The van der Waals surface area contributed by atoms with E-state index in [1.807, 2.05) is 0 Å². The number of nitrogens with zero attached hydrogens (tertiary/aromatic N) is 2. The fourth-order valence-electron chi connectivity index (χ4n) is 1.26. The van der Waals surface area contributed by atoms with Crippen LogP contribution in [0.25, 0.3) is 6.08 Å². The van der Waals surface area contributed by atoms with Gasteiger partial charge in [-0.25, -0.2) is 0 Å². The summed E-state index contributed by atoms with van der Waals surface area (Å²) in [7, 11) is 1.64. The van der Waals surface area contributed by atoms with E-state index >= 15 is 0 Å². The van der Waals surface area contributed by atoms with Crippen LogP contribution in [-0.2, 0) is 11.2 Å². The Morgan fingerprint density at radius 3 is 3.00 bits per heavy atom. The molecule has 0 radical (unpaired) electrons. The summed E-state index contributed by atoms with van der Waals surface area (Å²) in [5, 5.41) is 8.87. The van der Waals surface area contributed by atoms with Crippen LogP contribution in [-0.4, -0.2) is 18.7 Å². The lowest BCUT2D eigenvalue weighted by atomic mass is 10.0. The Morgan fingerprint density at radius 1 is 1.64 bits per heavy atom. The number of hydrogen-bond acceptors (Lipinski definition) is 3. The first-order valence-electron chi connectivity index (χ1n) is 4.31. The molecule has 0 bridgehead atoms. The van der Waals surface area contributed by atoms with Crippen molar-refractivity contribution in [2.24, 2.45) is 0 Å². The number of ether oxygens (including phenoxy) is 1. The first-order valence-corrected chi connectivity index (χ1v) is 4.31. The third kappa shape index (κ3) is 2.18. The van der Waals surface area contributed by atoms with Gasteiger partial charge in [0.1, 0.15) is 6.07 Å². The summed E-state index contributed by atoms with van der Waals surface area (Å²) in [6, 6.07) is 2.11. The van der Waals surface area contributed by atoms with E-state index < -0.39 is 0 Å². The standard InChI is InChI=1S/C11H12N2O/c1-3-9-7-13-8-10(6-12)11(9)4-5-14-2/h3,7-8H,1,4-5H2,2H3. The maximum atomic E-state index is 8.87. The fraction of sp³-hybridized carbons (Fsp3) is 0.273. The zero-order chi connectivity index (χ0) is 10.4. The smallest absolute Gasteiger partial charge is 0.101 e. The van der Waals surface area contributed by atoms with Crippen molar-refractivity contribution < 1.29 is 4.74 Å². The predicted octanol–water partition coefficient (Wildman–Crippen LogP) is 1.79.